The van der Waals surface area contributed by atoms with Crippen LogP contribution in [0.25, 0.3) is 0 Å². The molecule has 0 aliphatic rings. The lowest BCUT2D eigenvalue weighted by Gasteiger charge is -2.25. The molecular weight excluding hydrogens is 256 g/mol. The number of hydrogen-bond acceptors (Lipinski definition) is 3. The zero-order valence-corrected chi connectivity index (χ0v) is 13.1. The van der Waals surface area contributed by atoms with Crippen molar-refractivity contribution in [2.45, 2.75) is 59.6 Å². The molecule has 6 heteroatoms. The third kappa shape index (κ3) is 3.72. The topological polar surface area (TPSA) is 79.2 Å². The fourth-order valence-electron chi connectivity index (χ4n) is 2.09. The Hall–Kier alpha value is -1.56. The van der Waals surface area contributed by atoms with Gasteiger partial charge in [0.25, 0.3) is 0 Å². The summed E-state index contributed by atoms with van der Waals surface area (Å²) >= 11 is 0. The number of rotatable bonds is 6. The third-order valence-electron chi connectivity index (χ3n) is 3.81. The molecule has 2 amide bonds. The maximum atomic E-state index is 11.9. The highest BCUT2D eigenvalue weighted by atomic mass is 16.3. The van der Waals surface area contributed by atoms with Crippen molar-refractivity contribution in [1.82, 2.24) is 15.1 Å². The molecule has 0 saturated heterocycles. The van der Waals surface area contributed by atoms with Gasteiger partial charge in [0.05, 0.1) is 22.7 Å². The van der Waals surface area contributed by atoms with E-state index in [1.54, 1.807) is 0 Å². The van der Waals surface area contributed by atoms with Gasteiger partial charge in [0.2, 0.25) is 0 Å². The van der Waals surface area contributed by atoms with Crippen molar-refractivity contribution in [3.8, 4) is 0 Å². The van der Waals surface area contributed by atoms with E-state index in [1.807, 2.05) is 39.3 Å². The lowest BCUT2D eigenvalue weighted by molar-refractivity contribution is 0.0354. The summed E-state index contributed by atoms with van der Waals surface area (Å²) in [6.07, 6.45) is 1.21. The van der Waals surface area contributed by atoms with Gasteiger partial charge in [-0.15, -0.1) is 0 Å². The van der Waals surface area contributed by atoms with Gasteiger partial charge in [0, 0.05) is 13.1 Å². The van der Waals surface area contributed by atoms with Crippen molar-refractivity contribution in [2.75, 3.05) is 11.9 Å². The first-order valence-electron chi connectivity index (χ1n) is 7.18. The first-order chi connectivity index (χ1) is 9.36. The maximum absolute atomic E-state index is 11.9. The number of carbonyl (C=O) groups excluding carboxylic acids is 1. The van der Waals surface area contributed by atoms with E-state index in [-0.39, 0.29) is 12.6 Å². The quantitative estimate of drug-likeness (QED) is 0.748. The minimum absolute atomic E-state index is 0.242. The molecule has 1 aromatic heterocycles. The van der Waals surface area contributed by atoms with Gasteiger partial charge >= 0.3 is 6.03 Å². The molecule has 1 rings (SSSR count). The van der Waals surface area contributed by atoms with Gasteiger partial charge in [-0.3, -0.25) is 4.68 Å². The van der Waals surface area contributed by atoms with Gasteiger partial charge in [-0.25, -0.2) is 4.79 Å². The molecule has 20 heavy (non-hydrogen) atoms. The first kappa shape index (κ1) is 16.5. The summed E-state index contributed by atoms with van der Waals surface area (Å²) in [5.74, 6) is 0. The standard InChI is InChI=1S/C14H26N4O2/c1-6-14(20,7-2)9-15-13(19)16-12-10(4)17-18(8-3)11(12)5/h20H,6-9H2,1-5H3,(H2,15,16,19). The molecule has 0 aliphatic heterocycles. The van der Waals surface area contributed by atoms with Gasteiger partial charge < -0.3 is 15.7 Å². The van der Waals surface area contributed by atoms with Gasteiger partial charge in [-0.05, 0) is 33.6 Å². The first-order valence-corrected chi connectivity index (χ1v) is 7.18. The Morgan fingerprint density at radius 3 is 2.35 bits per heavy atom. The monoisotopic (exact) mass is 282 g/mol. The number of aliphatic hydroxyl groups is 1. The molecule has 0 atom stereocenters. The van der Waals surface area contributed by atoms with E-state index in [0.29, 0.717) is 12.8 Å². The van der Waals surface area contributed by atoms with Gasteiger partial charge in [0.15, 0.2) is 0 Å². The smallest absolute Gasteiger partial charge is 0.319 e. The van der Waals surface area contributed by atoms with E-state index in [9.17, 15) is 9.90 Å². The van der Waals surface area contributed by atoms with Crippen LogP contribution in [0.15, 0.2) is 0 Å². The van der Waals surface area contributed by atoms with Crippen LogP contribution in [0, 0.1) is 13.8 Å². The van der Waals surface area contributed by atoms with Gasteiger partial charge in [-0.2, -0.15) is 5.10 Å². The second kappa shape index (κ2) is 6.74. The zero-order valence-electron chi connectivity index (χ0n) is 13.1. The number of anilines is 1. The van der Waals surface area contributed by atoms with Gasteiger partial charge in [-0.1, -0.05) is 13.8 Å². The van der Waals surface area contributed by atoms with Crippen molar-refractivity contribution < 1.29 is 9.90 Å². The highest BCUT2D eigenvalue weighted by Crippen LogP contribution is 2.19. The Morgan fingerprint density at radius 1 is 1.30 bits per heavy atom. The van der Waals surface area contributed by atoms with Crippen molar-refractivity contribution >= 4 is 11.7 Å². The Balaban J connectivity index is 2.66. The average molecular weight is 282 g/mol. The minimum atomic E-state index is -0.838. The molecule has 1 heterocycles. The van der Waals surface area contributed by atoms with Crippen LogP contribution in [0.1, 0.15) is 45.0 Å². The fourth-order valence-corrected chi connectivity index (χ4v) is 2.09. The molecule has 0 spiro atoms. The summed E-state index contributed by atoms with van der Waals surface area (Å²) in [4.78, 5) is 11.9. The van der Waals surface area contributed by atoms with E-state index >= 15 is 0 Å². The van der Waals surface area contributed by atoms with Crippen LogP contribution in [0.4, 0.5) is 10.5 Å². The Morgan fingerprint density at radius 2 is 1.90 bits per heavy atom. The summed E-state index contributed by atoms with van der Waals surface area (Å²) in [7, 11) is 0. The Labute approximate surface area is 120 Å². The second-order valence-electron chi connectivity index (χ2n) is 5.10. The summed E-state index contributed by atoms with van der Waals surface area (Å²) in [6.45, 7) is 10.6. The van der Waals surface area contributed by atoms with Crippen molar-refractivity contribution in [3.63, 3.8) is 0 Å². The lowest BCUT2D eigenvalue weighted by Crippen LogP contribution is -2.43. The van der Waals surface area contributed by atoms with Crippen LogP contribution in [-0.2, 0) is 6.54 Å². The summed E-state index contributed by atoms with van der Waals surface area (Å²) in [6, 6.07) is -0.313. The highest BCUT2D eigenvalue weighted by Gasteiger charge is 2.23. The van der Waals surface area contributed by atoms with Crippen molar-refractivity contribution in [2.24, 2.45) is 0 Å². The SMILES string of the molecule is CCn1nc(C)c(NC(=O)NCC(O)(CC)CC)c1C. The number of aryl methyl sites for hydroxylation is 2. The molecule has 1 aromatic rings. The number of carbonyl (C=O) groups is 1. The number of amides is 2. The lowest BCUT2D eigenvalue weighted by atomic mass is 9.98. The molecule has 0 radical (unpaired) electrons. The largest absolute Gasteiger partial charge is 0.388 e. The Kier molecular flexibility index (Phi) is 5.56. The van der Waals surface area contributed by atoms with Crippen LogP contribution in [0.5, 0.6) is 0 Å². The highest BCUT2D eigenvalue weighted by molar-refractivity contribution is 5.90. The molecule has 0 unspecified atom stereocenters. The molecular formula is C14H26N4O2. The van der Waals surface area contributed by atoms with E-state index < -0.39 is 5.60 Å². The molecule has 0 bridgehead atoms. The van der Waals surface area contributed by atoms with Crippen molar-refractivity contribution in [3.05, 3.63) is 11.4 Å². The van der Waals surface area contributed by atoms with Crippen LogP contribution in [0.2, 0.25) is 0 Å². The minimum Gasteiger partial charge on any atom is -0.388 e. The van der Waals surface area contributed by atoms with Crippen LogP contribution < -0.4 is 10.6 Å². The summed E-state index contributed by atoms with van der Waals surface area (Å²) in [5.41, 5.74) is 1.62. The number of nitrogens with one attached hydrogen (secondary N) is 2. The zero-order chi connectivity index (χ0) is 15.3. The molecule has 0 aliphatic carbocycles. The average Bonchev–Trinajstić information content (AvgIpc) is 2.72. The fraction of sp³-hybridized carbons (Fsp3) is 0.714. The molecule has 6 nitrogen and oxygen atoms in total. The number of urea groups is 1. The number of nitrogens with zero attached hydrogens (tertiary/aromatic N) is 2. The predicted molar refractivity (Wildman–Crippen MR) is 79.9 cm³/mol. The summed E-state index contributed by atoms with van der Waals surface area (Å²) in [5, 5.41) is 20.0. The van der Waals surface area contributed by atoms with Crippen molar-refractivity contribution in [1.29, 1.82) is 0 Å². The predicted octanol–water partition coefficient (Wildman–Crippen LogP) is 2.19. The number of hydrogen-bond donors (Lipinski definition) is 3. The normalized spacial score (nSPS) is 11.5. The van der Waals surface area contributed by atoms with Crippen LogP contribution >= 0.6 is 0 Å². The van der Waals surface area contributed by atoms with E-state index in [0.717, 1.165) is 23.6 Å². The van der Waals surface area contributed by atoms with Gasteiger partial charge in [0.1, 0.15) is 0 Å². The molecule has 114 valence electrons. The van der Waals surface area contributed by atoms with E-state index in [1.165, 1.54) is 0 Å². The summed E-state index contributed by atoms with van der Waals surface area (Å²) < 4.78 is 1.85. The second-order valence-corrected chi connectivity index (χ2v) is 5.10. The molecule has 0 saturated carbocycles. The van der Waals surface area contributed by atoms with E-state index in [4.69, 9.17) is 0 Å². The third-order valence-corrected chi connectivity index (χ3v) is 3.81. The maximum Gasteiger partial charge on any atom is 0.319 e. The van der Waals surface area contributed by atoms with E-state index in [2.05, 4.69) is 15.7 Å². The number of aromatic nitrogens is 2. The molecule has 0 fully saturated rings. The molecule has 3 N–H and O–H groups in total. The van der Waals surface area contributed by atoms with Crippen LogP contribution in [-0.4, -0.2) is 33.1 Å². The van der Waals surface area contributed by atoms with Crippen LogP contribution in [0.3, 0.4) is 0 Å². The Bertz CT molecular complexity index is 464. The molecule has 0 aromatic carbocycles.